The fraction of sp³-hybridized carbons (Fsp3) is 0.385. The second kappa shape index (κ2) is 10.1. The van der Waals surface area contributed by atoms with Crippen molar-refractivity contribution in [2.45, 2.75) is 37.4 Å². The molecule has 2 atom stereocenters. The van der Waals surface area contributed by atoms with Gasteiger partial charge in [0.15, 0.2) is 11.5 Å². The molecule has 0 radical (unpaired) electrons. The van der Waals surface area contributed by atoms with Gasteiger partial charge in [-0.25, -0.2) is 14.1 Å². The summed E-state index contributed by atoms with van der Waals surface area (Å²) in [6.07, 6.45) is 5.36. The molecule has 2 aromatic heterocycles. The summed E-state index contributed by atoms with van der Waals surface area (Å²) in [5.41, 5.74) is 6.93. The lowest BCUT2D eigenvalue weighted by Crippen LogP contribution is -2.37. The van der Waals surface area contributed by atoms with E-state index in [-0.39, 0.29) is 45.9 Å². The summed E-state index contributed by atoms with van der Waals surface area (Å²) in [5, 5.41) is 7.44. The van der Waals surface area contributed by atoms with E-state index in [1.54, 1.807) is 40.7 Å². The van der Waals surface area contributed by atoms with Gasteiger partial charge in [-0.15, -0.1) is 0 Å². The summed E-state index contributed by atoms with van der Waals surface area (Å²) >= 11 is 6.36. The standard InChI is InChI=1S/C26H27ClFN7O3/c1-4-20(36)33-11-16(10-17(33)12-38-3)35-26(30-2)21(25(29)37)18(32-35)8-5-14-9-19-24(23(28)22(14)27)34(13-31-19)15-6-7-15/h4,9,13,15-17,30H,1,6-7,10-12H2,2-3H3,(H2,29,37)/t16-,17+/m0/s1. The number of rotatable bonds is 7. The number of imidazole rings is 1. The summed E-state index contributed by atoms with van der Waals surface area (Å²) in [6, 6.07) is 1.39. The zero-order chi connectivity index (χ0) is 27.1. The number of primary amides is 1. The second-order valence-corrected chi connectivity index (χ2v) is 9.76. The minimum atomic E-state index is -0.730. The number of likely N-dealkylation sites (tertiary alicyclic amines) is 1. The van der Waals surface area contributed by atoms with Gasteiger partial charge in [0.2, 0.25) is 5.91 Å². The lowest BCUT2D eigenvalue weighted by atomic mass is 10.1. The number of hydrogen-bond acceptors (Lipinski definition) is 6. The average molecular weight is 540 g/mol. The SMILES string of the molecule is C=CC(=O)N1C[C@@H](n2nc(C#Cc3cc4ncn(C5CC5)c4c(F)c3Cl)c(C(N)=O)c2NC)C[C@@H]1COC. The number of methoxy groups -OCH3 is 1. The van der Waals surface area contributed by atoms with Crippen LogP contribution in [0.3, 0.4) is 0 Å². The van der Waals surface area contributed by atoms with Crippen LogP contribution in [0.4, 0.5) is 10.2 Å². The highest BCUT2D eigenvalue weighted by molar-refractivity contribution is 6.32. The van der Waals surface area contributed by atoms with Crippen LogP contribution in [-0.4, -0.2) is 69.4 Å². The first kappa shape index (κ1) is 25.8. The summed E-state index contributed by atoms with van der Waals surface area (Å²) < 4.78 is 23.9. The van der Waals surface area contributed by atoms with Crippen LogP contribution < -0.4 is 11.1 Å². The Morgan fingerprint density at radius 1 is 1.37 bits per heavy atom. The van der Waals surface area contributed by atoms with Gasteiger partial charge < -0.3 is 25.3 Å². The zero-order valence-corrected chi connectivity index (χ0v) is 21.8. The quantitative estimate of drug-likeness (QED) is 0.352. The van der Waals surface area contributed by atoms with E-state index in [2.05, 4.69) is 33.8 Å². The van der Waals surface area contributed by atoms with E-state index in [1.165, 1.54) is 6.08 Å². The van der Waals surface area contributed by atoms with Gasteiger partial charge in [-0.1, -0.05) is 24.1 Å². The van der Waals surface area contributed by atoms with Crippen molar-refractivity contribution in [3.05, 3.63) is 52.7 Å². The highest BCUT2D eigenvalue weighted by atomic mass is 35.5. The number of amides is 2. The molecule has 2 fully saturated rings. The predicted molar refractivity (Wildman–Crippen MR) is 140 cm³/mol. The fourth-order valence-corrected chi connectivity index (χ4v) is 5.23. The lowest BCUT2D eigenvalue weighted by molar-refractivity contribution is -0.127. The van der Waals surface area contributed by atoms with E-state index in [1.807, 2.05) is 0 Å². The first-order chi connectivity index (χ1) is 18.3. The molecule has 0 unspecified atom stereocenters. The summed E-state index contributed by atoms with van der Waals surface area (Å²) in [6.45, 7) is 4.25. The Labute approximate surface area is 223 Å². The third-order valence-corrected chi connectivity index (χ3v) is 7.31. The number of nitrogens with two attached hydrogens (primary N) is 1. The molecule has 5 rings (SSSR count). The number of aromatic nitrogens is 4. The molecule has 0 spiro atoms. The van der Waals surface area contributed by atoms with Crippen molar-refractivity contribution in [1.82, 2.24) is 24.2 Å². The fourth-order valence-electron chi connectivity index (χ4n) is 5.04. The molecule has 12 heteroatoms. The molecular formula is C26H27ClFN7O3. The molecule has 2 amide bonds. The van der Waals surface area contributed by atoms with Crippen LogP contribution in [0, 0.1) is 17.7 Å². The molecule has 1 saturated heterocycles. The Hall–Kier alpha value is -3.88. The van der Waals surface area contributed by atoms with Gasteiger partial charge in [-0.3, -0.25) is 9.59 Å². The summed E-state index contributed by atoms with van der Waals surface area (Å²) in [4.78, 5) is 30.9. The summed E-state index contributed by atoms with van der Waals surface area (Å²) in [7, 11) is 3.21. The van der Waals surface area contributed by atoms with E-state index in [9.17, 15) is 9.59 Å². The molecule has 1 aromatic carbocycles. The molecule has 3 heterocycles. The minimum absolute atomic E-state index is 0.0903. The molecule has 2 aliphatic rings. The molecule has 1 aliphatic carbocycles. The number of ether oxygens (including phenoxy) is 1. The van der Waals surface area contributed by atoms with Crippen LogP contribution in [0.1, 0.15) is 53.0 Å². The first-order valence-corrected chi connectivity index (χ1v) is 12.5. The maximum Gasteiger partial charge on any atom is 0.255 e. The van der Waals surface area contributed by atoms with Crippen LogP contribution in [0.2, 0.25) is 5.02 Å². The number of fused-ring (bicyclic) bond motifs is 1. The van der Waals surface area contributed by atoms with Crippen molar-refractivity contribution in [3.8, 4) is 11.8 Å². The number of benzene rings is 1. The zero-order valence-electron chi connectivity index (χ0n) is 21.0. The highest BCUT2D eigenvalue weighted by Gasteiger charge is 2.38. The first-order valence-electron chi connectivity index (χ1n) is 12.2. The Bertz CT molecular complexity index is 1510. The van der Waals surface area contributed by atoms with Crippen molar-refractivity contribution in [2.24, 2.45) is 5.73 Å². The number of carbonyl (C=O) groups excluding carboxylic acids is 2. The van der Waals surface area contributed by atoms with Crippen molar-refractivity contribution in [3.63, 3.8) is 0 Å². The Kier molecular flexibility index (Phi) is 6.86. The van der Waals surface area contributed by atoms with E-state index in [0.717, 1.165) is 12.8 Å². The predicted octanol–water partition coefficient (Wildman–Crippen LogP) is 2.88. The van der Waals surface area contributed by atoms with E-state index in [0.29, 0.717) is 36.4 Å². The number of anilines is 1. The van der Waals surface area contributed by atoms with Gasteiger partial charge in [0, 0.05) is 32.3 Å². The van der Waals surface area contributed by atoms with Crippen LogP contribution >= 0.6 is 11.6 Å². The molecule has 38 heavy (non-hydrogen) atoms. The van der Waals surface area contributed by atoms with Gasteiger partial charge in [-0.05, 0) is 37.3 Å². The van der Waals surface area contributed by atoms with Crippen molar-refractivity contribution in [1.29, 1.82) is 0 Å². The molecule has 0 bridgehead atoms. The molecule has 10 nitrogen and oxygen atoms in total. The minimum Gasteiger partial charge on any atom is -0.383 e. The maximum absolute atomic E-state index is 15.2. The van der Waals surface area contributed by atoms with E-state index < -0.39 is 11.7 Å². The number of carbonyl (C=O) groups is 2. The maximum atomic E-state index is 15.2. The number of halogens is 2. The van der Waals surface area contributed by atoms with E-state index >= 15 is 4.39 Å². The normalized spacial score (nSPS) is 18.9. The van der Waals surface area contributed by atoms with Gasteiger partial charge in [-0.2, -0.15) is 5.10 Å². The topological polar surface area (TPSA) is 120 Å². The van der Waals surface area contributed by atoms with Crippen LogP contribution in [0.5, 0.6) is 0 Å². The van der Waals surface area contributed by atoms with Crippen molar-refractivity contribution < 1.29 is 18.7 Å². The summed E-state index contributed by atoms with van der Waals surface area (Å²) in [5.74, 6) is 4.53. The third-order valence-electron chi connectivity index (χ3n) is 6.94. The van der Waals surface area contributed by atoms with Crippen LogP contribution in [0.15, 0.2) is 25.0 Å². The largest absolute Gasteiger partial charge is 0.383 e. The number of nitrogens with one attached hydrogen (secondary N) is 1. The van der Waals surface area contributed by atoms with Gasteiger partial charge in [0.05, 0.1) is 35.6 Å². The smallest absolute Gasteiger partial charge is 0.255 e. The van der Waals surface area contributed by atoms with Gasteiger partial charge in [0.25, 0.3) is 5.91 Å². The van der Waals surface area contributed by atoms with Crippen molar-refractivity contribution in [2.75, 3.05) is 32.6 Å². The Morgan fingerprint density at radius 2 is 2.13 bits per heavy atom. The van der Waals surface area contributed by atoms with Crippen LogP contribution in [-0.2, 0) is 9.53 Å². The van der Waals surface area contributed by atoms with Crippen molar-refractivity contribution >= 4 is 40.3 Å². The van der Waals surface area contributed by atoms with Gasteiger partial charge in [0.1, 0.15) is 16.9 Å². The van der Waals surface area contributed by atoms with E-state index in [4.69, 9.17) is 22.1 Å². The molecule has 1 saturated carbocycles. The highest BCUT2D eigenvalue weighted by Crippen LogP contribution is 2.39. The monoisotopic (exact) mass is 539 g/mol. The molecule has 198 valence electrons. The molecular weight excluding hydrogens is 513 g/mol. The van der Waals surface area contributed by atoms with Gasteiger partial charge >= 0.3 is 0 Å². The molecule has 3 aromatic rings. The van der Waals surface area contributed by atoms with Crippen LogP contribution in [0.25, 0.3) is 11.0 Å². The Balaban J connectivity index is 1.54. The lowest BCUT2D eigenvalue weighted by Gasteiger charge is -2.22. The molecule has 1 aliphatic heterocycles. The third kappa shape index (κ3) is 4.40. The number of nitrogens with zero attached hydrogens (tertiary/aromatic N) is 5. The Morgan fingerprint density at radius 3 is 2.76 bits per heavy atom. The molecule has 3 N–H and O–H groups in total. The number of hydrogen-bond donors (Lipinski definition) is 2. The second-order valence-electron chi connectivity index (χ2n) is 9.38. The average Bonchev–Trinajstić information content (AvgIpc) is 3.34.